The Hall–Kier alpha value is -2.94. The molecule has 2 aliphatic heterocycles. The van der Waals surface area contributed by atoms with E-state index in [0.29, 0.717) is 49.1 Å². The number of rotatable bonds is 4. The lowest BCUT2D eigenvalue weighted by atomic mass is 10.0. The van der Waals surface area contributed by atoms with Crippen LogP contribution < -0.4 is 5.32 Å². The summed E-state index contributed by atoms with van der Waals surface area (Å²) in [6, 6.07) is 8.02. The highest BCUT2D eigenvalue weighted by Gasteiger charge is 2.30. The van der Waals surface area contributed by atoms with Crippen LogP contribution in [0.5, 0.6) is 0 Å². The molecule has 2 aliphatic rings. The molecule has 1 fully saturated rings. The number of carbonyl (C=O) groups is 2. The zero-order chi connectivity index (χ0) is 24.5. The third kappa shape index (κ3) is 4.66. The van der Waals surface area contributed by atoms with Crippen LogP contribution in [-0.4, -0.2) is 56.4 Å². The highest BCUT2D eigenvalue weighted by molar-refractivity contribution is 7.89. The maximum Gasteiger partial charge on any atom is 0.409 e. The quantitative estimate of drug-likeness (QED) is 0.684. The van der Waals surface area contributed by atoms with E-state index in [0.717, 1.165) is 23.3 Å². The van der Waals surface area contributed by atoms with Gasteiger partial charge in [0.05, 0.1) is 24.1 Å². The number of anilines is 1. The van der Waals surface area contributed by atoms with E-state index < -0.39 is 22.0 Å². The molecule has 1 unspecified atom stereocenters. The molecule has 0 bridgehead atoms. The highest BCUT2D eigenvalue weighted by Crippen LogP contribution is 2.37. The van der Waals surface area contributed by atoms with Gasteiger partial charge in [-0.1, -0.05) is 6.92 Å². The Kier molecular flexibility index (Phi) is 6.93. The van der Waals surface area contributed by atoms with Crippen molar-refractivity contribution in [2.45, 2.75) is 37.6 Å². The second-order valence-electron chi connectivity index (χ2n) is 8.55. The van der Waals surface area contributed by atoms with E-state index in [2.05, 4.69) is 11.4 Å². The average Bonchev–Trinajstić information content (AvgIpc) is 3.19. The average molecular weight is 503 g/mol. The summed E-state index contributed by atoms with van der Waals surface area (Å²) in [4.78, 5) is 27.2. The van der Waals surface area contributed by atoms with E-state index in [1.54, 1.807) is 4.90 Å². The van der Waals surface area contributed by atoms with Crippen LogP contribution in [0.15, 0.2) is 29.2 Å². The number of hydrogen-bond donors (Lipinski definition) is 1. The second kappa shape index (κ2) is 9.74. The predicted octanol–water partition coefficient (Wildman–Crippen LogP) is 3.42. The fraction of sp³-hybridized carbons (Fsp3) is 0.435. The molecule has 0 saturated carbocycles. The van der Waals surface area contributed by atoms with E-state index in [9.17, 15) is 23.3 Å². The summed E-state index contributed by atoms with van der Waals surface area (Å²) in [7, 11) is -2.28. The third-order valence-corrected chi connectivity index (χ3v) is 9.21. The van der Waals surface area contributed by atoms with Crippen molar-refractivity contribution in [3.8, 4) is 6.07 Å². The van der Waals surface area contributed by atoms with Crippen LogP contribution in [-0.2, 0) is 27.7 Å². The van der Waals surface area contributed by atoms with Crippen LogP contribution >= 0.6 is 11.3 Å². The minimum Gasteiger partial charge on any atom is -0.453 e. The molecule has 1 N–H and O–H groups in total. The minimum absolute atomic E-state index is 0.158. The van der Waals surface area contributed by atoms with E-state index in [-0.39, 0.29) is 10.5 Å². The number of benzene rings is 1. The maximum atomic E-state index is 13.0. The number of piperidine rings is 1. The van der Waals surface area contributed by atoms with E-state index in [1.165, 1.54) is 47.0 Å². The molecule has 2 amide bonds. The van der Waals surface area contributed by atoms with Gasteiger partial charge in [-0.25, -0.2) is 13.2 Å². The maximum absolute atomic E-state index is 13.0. The van der Waals surface area contributed by atoms with Gasteiger partial charge in [-0.3, -0.25) is 4.79 Å². The first-order valence-electron chi connectivity index (χ1n) is 11.0. The molecule has 0 aliphatic carbocycles. The number of amides is 2. The largest absolute Gasteiger partial charge is 0.453 e. The number of thiophene rings is 1. The fourth-order valence-corrected chi connectivity index (χ4v) is 7.17. The van der Waals surface area contributed by atoms with Crippen molar-refractivity contribution in [3.05, 3.63) is 45.8 Å². The Bertz CT molecular complexity index is 1250. The molecule has 1 saturated heterocycles. The predicted molar refractivity (Wildman–Crippen MR) is 127 cm³/mol. The SMILES string of the molecule is COC(=O)N1CCc2c(sc(NC(=O)c3ccc(S(=O)(=O)N4CCCC(C)C4)cc3)c2C#N)C1. The molecule has 0 spiro atoms. The summed E-state index contributed by atoms with van der Waals surface area (Å²) >= 11 is 1.26. The monoisotopic (exact) mass is 502 g/mol. The van der Waals surface area contributed by atoms with Crippen molar-refractivity contribution in [1.29, 1.82) is 5.26 Å². The van der Waals surface area contributed by atoms with E-state index >= 15 is 0 Å². The third-order valence-electron chi connectivity index (χ3n) is 6.20. The Morgan fingerprint density at radius 2 is 1.97 bits per heavy atom. The fourth-order valence-electron chi connectivity index (χ4n) is 4.36. The first-order valence-corrected chi connectivity index (χ1v) is 13.3. The molecule has 0 radical (unpaired) electrons. The molecule has 9 nitrogen and oxygen atoms in total. The number of nitriles is 1. The van der Waals surface area contributed by atoms with Crippen LogP contribution in [0.4, 0.5) is 9.80 Å². The van der Waals surface area contributed by atoms with Crippen molar-refractivity contribution < 1.29 is 22.7 Å². The lowest BCUT2D eigenvalue weighted by molar-refractivity contribution is 0.102. The van der Waals surface area contributed by atoms with Crippen molar-refractivity contribution in [1.82, 2.24) is 9.21 Å². The molecule has 1 aromatic heterocycles. The first kappa shape index (κ1) is 24.2. The standard InChI is InChI=1S/C23H26N4O5S2/c1-15-4-3-10-27(13-15)34(30,31)17-7-5-16(6-8-17)21(28)25-22-19(12-24)18-9-11-26(23(29)32-2)14-20(18)33-22/h5-8,15H,3-4,9-11,13-14H2,1-2H3,(H,25,28). The number of carbonyl (C=O) groups excluding carboxylic acids is 2. The van der Waals surface area contributed by atoms with Gasteiger partial charge in [-0.05, 0) is 55.0 Å². The Balaban J connectivity index is 1.50. The van der Waals surface area contributed by atoms with Crippen LogP contribution in [0.1, 0.15) is 46.1 Å². The smallest absolute Gasteiger partial charge is 0.409 e. The molecule has 1 aromatic carbocycles. The summed E-state index contributed by atoms with van der Waals surface area (Å²) in [5.74, 6) is -0.116. The Morgan fingerprint density at radius 3 is 2.62 bits per heavy atom. The normalized spacial score (nSPS) is 18.6. The van der Waals surface area contributed by atoms with Gasteiger partial charge in [0.15, 0.2) is 0 Å². The second-order valence-corrected chi connectivity index (χ2v) is 11.6. The number of nitrogens with one attached hydrogen (secondary N) is 1. The Labute approximate surface area is 203 Å². The molecular weight excluding hydrogens is 476 g/mol. The highest BCUT2D eigenvalue weighted by atomic mass is 32.2. The van der Waals surface area contributed by atoms with Crippen LogP contribution in [0.3, 0.4) is 0 Å². The Morgan fingerprint density at radius 1 is 1.24 bits per heavy atom. The molecule has 11 heteroatoms. The van der Waals surface area contributed by atoms with Gasteiger partial charge in [0.1, 0.15) is 11.1 Å². The van der Waals surface area contributed by atoms with Crippen molar-refractivity contribution in [3.63, 3.8) is 0 Å². The topological polar surface area (TPSA) is 120 Å². The molecule has 34 heavy (non-hydrogen) atoms. The van der Waals surface area contributed by atoms with Gasteiger partial charge in [-0.2, -0.15) is 9.57 Å². The van der Waals surface area contributed by atoms with E-state index in [4.69, 9.17) is 4.74 Å². The molecule has 4 rings (SSSR count). The summed E-state index contributed by atoms with van der Waals surface area (Å²) in [5, 5.41) is 12.9. The van der Waals surface area contributed by atoms with Gasteiger partial charge in [-0.15, -0.1) is 11.3 Å². The number of methoxy groups -OCH3 is 1. The van der Waals surface area contributed by atoms with Gasteiger partial charge in [0, 0.05) is 30.1 Å². The van der Waals surface area contributed by atoms with Crippen LogP contribution in [0.25, 0.3) is 0 Å². The number of fused-ring (bicyclic) bond motifs is 1. The summed E-state index contributed by atoms with van der Waals surface area (Å²) < 4.78 is 32.2. The minimum atomic E-state index is -3.61. The zero-order valence-electron chi connectivity index (χ0n) is 19.0. The lowest BCUT2D eigenvalue weighted by Gasteiger charge is -2.30. The number of sulfonamides is 1. The first-order chi connectivity index (χ1) is 16.2. The van der Waals surface area contributed by atoms with Crippen molar-refractivity contribution >= 4 is 38.4 Å². The van der Waals surface area contributed by atoms with Crippen LogP contribution in [0, 0.1) is 17.2 Å². The zero-order valence-corrected chi connectivity index (χ0v) is 20.7. The van der Waals surface area contributed by atoms with Crippen molar-refractivity contribution in [2.75, 3.05) is 32.1 Å². The summed E-state index contributed by atoms with van der Waals surface area (Å²) in [6.07, 6.45) is 1.92. The van der Waals surface area contributed by atoms with Crippen LogP contribution in [0.2, 0.25) is 0 Å². The summed E-state index contributed by atoms with van der Waals surface area (Å²) in [5.41, 5.74) is 1.52. The van der Waals surface area contributed by atoms with Gasteiger partial charge >= 0.3 is 6.09 Å². The molecule has 1 atom stereocenters. The number of ether oxygens (including phenoxy) is 1. The van der Waals surface area contributed by atoms with Gasteiger partial charge in [0.2, 0.25) is 10.0 Å². The van der Waals surface area contributed by atoms with E-state index in [1.807, 2.05) is 6.92 Å². The number of hydrogen-bond acceptors (Lipinski definition) is 7. The molecule has 2 aromatic rings. The van der Waals surface area contributed by atoms with Gasteiger partial charge in [0.25, 0.3) is 5.91 Å². The molecule has 3 heterocycles. The van der Waals surface area contributed by atoms with Gasteiger partial charge < -0.3 is 15.0 Å². The number of nitrogens with zero attached hydrogens (tertiary/aromatic N) is 3. The summed E-state index contributed by atoms with van der Waals surface area (Å²) in [6.45, 7) is 3.80. The molecule has 180 valence electrons. The van der Waals surface area contributed by atoms with Crippen molar-refractivity contribution in [2.24, 2.45) is 5.92 Å². The molecular formula is C23H26N4O5S2. The lowest BCUT2D eigenvalue weighted by Crippen LogP contribution is -2.39.